The lowest BCUT2D eigenvalue weighted by atomic mass is 10.1. The highest BCUT2D eigenvalue weighted by atomic mass is 32.1. The lowest BCUT2D eigenvalue weighted by Gasteiger charge is -2.05. The normalized spacial score (nSPS) is 13.0. The van der Waals surface area contributed by atoms with Gasteiger partial charge in [-0.3, -0.25) is 15.0 Å². The third kappa shape index (κ3) is 2.40. The monoisotopic (exact) mass is 380 g/mol. The number of hydrogen-bond acceptors (Lipinski definition) is 6. The molecular weight excluding hydrogens is 364 g/mol. The number of rotatable bonds is 4. The first-order valence-electron chi connectivity index (χ1n) is 8.46. The molecule has 1 unspecified atom stereocenters. The third-order valence-corrected chi connectivity index (χ3v) is 6.04. The van der Waals surface area contributed by atoms with Gasteiger partial charge in [-0.25, -0.2) is 9.67 Å². The summed E-state index contributed by atoms with van der Waals surface area (Å²) >= 11 is 1.59. The molecule has 136 valence electrons. The fraction of sp³-hybridized carbons (Fsp3) is 0.235. The lowest BCUT2D eigenvalue weighted by Crippen LogP contribution is -2.24. The van der Waals surface area contributed by atoms with Crippen molar-refractivity contribution in [3.05, 3.63) is 57.5 Å². The minimum atomic E-state index is -0.141. The molecule has 10 heteroatoms. The van der Waals surface area contributed by atoms with E-state index in [1.54, 1.807) is 29.9 Å². The first kappa shape index (κ1) is 15.9. The molecule has 5 heterocycles. The zero-order valence-corrected chi connectivity index (χ0v) is 15.5. The molecule has 0 spiro atoms. The van der Waals surface area contributed by atoms with Crippen LogP contribution in [0.5, 0.6) is 0 Å². The zero-order chi connectivity index (χ0) is 18.5. The SMILES string of the molecule is CC(c1ccn[nH]1)c1nc2c(s1)c1cnn(Cc3ccn[nH]3)c(=O)c1n2C. The molecule has 0 aliphatic carbocycles. The van der Waals surface area contributed by atoms with Crippen LogP contribution in [0.25, 0.3) is 21.3 Å². The van der Waals surface area contributed by atoms with Gasteiger partial charge >= 0.3 is 0 Å². The minimum Gasteiger partial charge on any atom is -0.323 e. The van der Waals surface area contributed by atoms with Gasteiger partial charge in [0.25, 0.3) is 5.56 Å². The Morgan fingerprint density at radius 3 is 2.78 bits per heavy atom. The summed E-state index contributed by atoms with van der Waals surface area (Å²) in [6.45, 7) is 2.44. The van der Waals surface area contributed by atoms with Crippen LogP contribution in [0.4, 0.5) is 0 Å². The Kier molecular flexibility index (Phi) is 3.47. The van der Waals surface area contributed by atoms with Gasteiger partial charge in [0.05, 0.1) is 23.1 Å². The Morgan fingerprint density at radius 2 is 2.04 bits per heavy atom. The Labute approximate surface area is 156 Å². The number of H-pyrrole nitrogens is 2. The van der Waals surface area contributed by atoms with E-state index >= 15 is 0 Å². The standard InChI is InChI=1S/C17H16N8OS/c1-9(12-4-6-19-23-12)16-21-15-14(27-16)11-7-20-25(8-10-3-5-18-22-10)17(26)13(11)24(15)2/h3-7,9H,8H2,1-2H3,(H,18,22)(H,19,23). The summed E-state index contributed by atoms with van der Waals surface area (Å²) in [5.74, 6) is 0.105. The van der Waals surface area contributed by atoms with Crippen LogP contribution in [0.1, 0.15) is 29.2 Å². The highest BCUT2D eigenvalue weighted by Gasteiger charge is 2.21. The number of aromatic amines is 2. The average Bonchev–Trinajstić information content (AvgIpc) is 3.44. The van der Waals surface area contributed by atoms with Crippen molar-refractivity contribution in [2.24, 2.45) is 7.05 Å². The van der Waals surface area contributed by atoms with Crippen LogP contribution >= 0.6 is 11.3 Å². The Morgan fingerprint density at radius 1 is 1.22 bits per heavy atom. The summed E-state index contributed by atoms with van der Waals surface area (Å²) < 4.78 is 4.28. The van der Waals surface area contributed by atoms with Gasteiger partial charge in [0.15, 0.2) is 5.65 Å². The second-order valence-electron chi connectivity index (χ2n) is 6.45. The Hall–Kier alpha value is -3.27. The molecule has 5 rings (SSSR count). The predicted octanol–water partition coefficient (Wildman–Crippen LogP) is 1.99. The van der Waals surface area contributed by atoms with Gasteiger partial charge in [-0.2, -0.15) is 15.3 Å². The highest BCUT2D eigenvalue weighted by molar-refractivity contribution is 7.19. The maximum absolute atomic E-state index is 13.0. The van der Waals surface area contributed by atoms with Crippen LogP contribution in [0.15, 0.2) is 35.5 Å². The molecule has 0 aliphatic heterocycles. The summed E-state index contributed by atoms with van der Waals surface area (Å²) in [6, 6.07) is 3.77. The predicted molar refractivity (Wildman–Crippen MR) is 102 cm³/mol. The van der Waals surface area contributed by atoms with Crippen molar-refractivity contribution in [1.82, 2.24) is 39.7 Å². The molecule has 5 aromatic heterocycles. The van der Waals surface area contributed by atoms with E-state index < -0.39 is 0 Å². The van der Waals surface area contributed by atoms with Gasteiger partial charge in [0.1, 0.15) is 10.5 Å². The van der Waals surface area contributed by atoms with Crippen molar-refractivity contribution in [2.45, 2.75) is 19.4 Å². The molecule has 0 saturated heterocycles. The minimum absolute atomic E-state index is 0.105. The number of fused-ring (bicyclic) bond motifs is 3. The van der Waals surface area contributed by atoms with Gasteiger partial charge in [0, 0.05) is 36.4 Å². The third-order valence-electron chi connectivity index (χ3n) is 4.78. The zero-order valence-electron chi connectivity index (χ0n) is 14.7. The van der Waals surface area contributed by atoms with E-state index in [0.29, 0.717) is 12.1 Å². The smallest absolute Gasteiger partial charge is 0.291 e. The maximum Gasteiger partial charge on any atom is 0.291 e. The molecule has 0 saturated carbocycles. The molecule has 0 amide bonds. The van der Waals surface area contributed by atoms with Crippen LogP contribution in [-0.2, 0) is 13.6 Å². The second-order valence-corrected chi connectivity index (χ2v) is 7.48. The van der Waals surface area contributed by atoms with E-state index in [1.807, 2.05) is 23.7 Å². The summed E-state index contributed by atoms with van der Waals surface area (Å²) in [5.41, 5.74) is 3.11. The number of aryl methyl sites for hydroxylation is 1. The van der Waals surface area contributed by atoms with Gasteiger partial charge in [-0.1, -0.05) is 6.92 Å². The van der Waals surface area contributed by atoms with Gasteiger partial charge in [0.2, 0.25) is 0 Å². The van der Waals surface area contributed by atoms with Crippen molar-refractivity contribution in [3.8, 4) is 0 Å². The maximum atomic E-state index is 13.0. The first-order chi connectivity index (χ1) is 13.1. The number of hydrogen-bond donors (Lipinski definition) is 2. The topological polar surface area (TPSA) is 110 Å². The molecule has 0 bridgehead atoms. The molecule has 0 radical (unpaired) electrons. The summed E-state index contributed by atoms with van der Waals surface area (Å²) in [7, 11) is 1.87. The van der Waals surface area contributed by atoms with Crippen LogP contribution in [0.3, 0.4) is 0 Å². The van der Waals surface area contributed by atoms with Crippen LogP contribution in [-0.4, -0.2) is 39.7 Å². The molecule has 0 aliphatic rings. The quantitative estimate of drug-likeness (QED) is 0.495. The van der Waals surface area contributed by atoms with Crippen molar-refractivity contribution in [1.29, 1.82) is 0 Å². The molecule has 27 heavy (non-hydrogen) atoms. The van der Waals surface area contributed by atoms with Crippen molar-refractivity contribution < 1.29 is 0 Å². The number of aromatic nitrogens is 8. The number of thiazole rings is 1. The summed E-state index contributed by atoms with van der Waals surface area (Å²) in [4.78, 5) is 17.8. The van der Waals surface area contributed by atoms with E-state index in [2.05, 4.69) is 32.4 Å². The fourth-order valence-electron chi connectivity index (χ4n) is 3.28. The van der Waals surface area contributed by atoms with E-state index in [1.165, 1.54) is 4.68 Å². The summed E-state index contributed by atoms with van der Waals surface area (Å²) in [5, 5.41) is 19.9. The van der Waals surface area contributed by atoms with Gasteiger partial charge in [-0.15, -0.1) is 11.3 Å². The molecule has 9 nitrogen and oxygen atoms in total. The number of nitrogens with zero attached hydrogens (tertiary/aromatic N) is 6. The lowest BCUT2D eigenvalue weighted by molar-refractivity contribution is 0.631. The molecular formula is C17H16N8OS. The van der Waals surface area contributed by atoms with E-state index in [-0.39, 0.29) is 11.5 Å². The molecule has 5 aromatic rings. The molecule has 2 N–H and O–H groups in total. The van der Waals surface area contributed by atoms with Crippen LogP contribution in [0, 0.1) is 0 Å². The number of nitrogens with one attached hydrogen (secondary N) is 2. The summed E-state index contributed by atoms with van der Waals surface area (Å²) in [6.07, 6.45) is 5.14. The van der Waals surface area contributed by atoms with Crippen molar-refractivity contribution >= 4 is 32.6 Å². The fourth-order valence-corrected chi connectivity index (χ4v) is 4.46. The van der Waals surface area contributed by atoms with E-state index in [4.69, 9.17) is 4.98 Å². The largest absolute Gasteiger partial charge is 0.323 e. The van der Waals surface area contributed by atoms with Crippen molar-refractivity contribution in [2.75, 3.05) is 0 Å². The van der Waals surface area contributed by atoms with Crippen LogP contribution < -0.4 is 5.56 Å². The molecule has 0 fully saturated rings. The molecule has 0 aromatic carbocycles. The molecule has 1 atom stereocenters. The first-order valence-corrected chi connectivity index (χ1v) is 9.27. The van der Waals surface area contributed by atoms with Gasteiger partial charge < -0.3 is 4.57 Å². The second kappa shape index (κ2) is 5.88. The van der Waals surface area contributed by atoms with Crippen LogP contribution in [0.2, 0.25) is 0 Å². The van der Waals surface area contributed by atoms with E-state index in [9.17, 15) is 4.79 Å². The Balaban J connectivity index is 1.64. The van der Waals surface area contributed by atoms with Gasteiger partial charge in [-0.05, 0) is 12.1 Å². The van der Waals surface area contributed by atoms with E-state index in [0.717, 1.165) is 32.1 Å². The van der Waals surface area contributed by atoms with Crippen molar-refractivity contribution in [3.63, 3.8) is 0 Å². The highest BCUT2D eigenvalue weighted by Crippen LogP contribution is 2.35. The average molecular weight is 380 g/mol. The Bertz CT molecular complexity index is 1290.